The molecular formula is C12H19N3O4. The van der Waals surface area contributed by atoms with Crippen LogP contribution >= 0.6 is 0 Å². The monoisotopic (exact) mass is 269 g/mol. The Morgan fingerprint density at radius 3 is 2.63 bits per heavy atom. The molecule has 1 atom stereocenters. The van der Waals surface area contributed by atoms with E-state index in [4.69, 9.17) is 4.74 Å². The van der Waals surface area contributed by atoms with Crippen LogP contribution in [-0.4, -0.2) is 65.5 Å². The lowest BCUT2D eigenvalue weighted by Gasteiger charge is -2.43. The molecule has 7 heteroatoms. The average molecular weight is 269 g/mol. The van der Waals surface area contributed by atoms with E-state index in [-0.39, 0.29) is 12.1 Å². The maximum Gasteiger partial charge on any atom is 0.410 e. The topological polar surface area (TPSA) is 79.0 Å². The molecule has 19 heavy (non-hydrogen) atoms. The van der Waals surface area contributed by atoms with Gasteiger partial charge in [0.1, 0.15) is 5.60 Å². The summed E-state index contributed by atoms with van der Waals surface area (Å²) in [5.41, 5.74) is -0.537. The van der Waals surface area contributed by atoms with Crippen LogP contribution in [0.1, 0.15) is 20.8 Å². The fraction of sp³-hybridized carbons (Fsp3) is 0.750. The molecule has 1 unspecified atom stereocenters. The Hall–Kier alpha value is -1.79. The van der Waals surface area contributed by atoms with Crippen LogP contribution in [0.5, 0.6) is 0 Å². The Morgan fingerprint density at radius 2 is 2.00 bits per heavy atom. The summed E-state index contributed by atoms with van der Waals surface area (Å²) < 4.78 is 5.30. The highest BCUT2D eigenvalue weighted by molar-refractivity contribution is 6.35. The second-order valence-electron chi connectivity index (χ2n) is 5.79. The Morgan fingerprint density at radius 1 is 1.32 bits per heavy atom. The Kier molecular flexibility index (Phi) is 3.38. The van der Waals surface area contributed by atoms with Crippen molar-refractivity contribution in [2.75, 3.05) is 26.2 Å². The first-order valence-corrected chi connectivity index (χ1v) is 6.34. The molecule has 0 spiro atoms. The normalized spacial score (nSPS) is 23.8. The fourth-order valence-corrected chi connectivity index (χ4v) is 2.21. The van der Waals surface area contributed by atoms with Crippen LogP contribution in [0.4, 0.5) is 4.79 Å². The SMILES string of the molecule is CC(C)(C)OC(=O)N1CCN2C(=O)C(=O)NCC2C1. The molecule has 2 saturated heterocycles. The van der Waals surface area contributed by atoms with Gasteiger partial charge in [-0.25, -0.2) is 4.79 Å². The van der Waals surface area contributed by atoms with Gasteiger partial charge in [-0.05, 0) is 20.8 Å². The fourth-order valence-electron chi connectivity index (χ4n) is 2.21. The highest BCUT2D eigenvalue weighted by atomic mass is 16.6. The van der Waals surface area contributed by atoms with Gasteiger partial charge >= 0.3 is 17.9 Å². The molecule has 1 N–H and O–H groups in total. The zero-order valence-corrected chi connectivity index (χ0v) is 11.4. The van der Waals surface area contributed by atoms with Crippen LogP contribution in [0.15, 0.2) is 0 Å². The number of nitrogens with one attached hydrogen (secondary N) is 1. The molecular weight excluding hydrogens is 250 g/mol. The van der Waals surface area contributed by atoms with Crippen molar-refractivity contribution >= 4 is 17.9 Å². The van der Waals surface area contributed by atoms with Crippen LogP contribution < -0.4 is 5.32 Å². The lowest BCUT2D eigenvalue weighted by molar-refractivity contribution is -0.152. The van der Waals surface area contributed by atoms with E-state index < -0.39 is 17.4 Å². The van der Waals surface area contributed by atoms with E-state index >= 15 is 0 Å². The molecule has 0 bridgehead atoms. The molecule has 0 aliphatic carbocycles. The number of hydrogen-bond donors (Lipinski definition) is 1. The second-order valence-corrected chi connectivity index (χ2v) is 5.79. The van der Waals surface area contributed by atoms with Crippen LogP contribution in [0, 0.1) is 0 Å². The average Bonchev–Trinajstić information content (AvgIpc) is 2.31. The van der Waals surface area contributed by atoms with E-state index in [1.54, 1.807) is 4.90 Å². The number of ether oxygens (including phenoxy) is 1. The van der Waals surface area contributed by atoms with Gasteiger partial charge in [0.2, 0.25) is 0 Å². The van der Waals surface area contributed by atoms with Gasteiger partial charge in [-0.15, -0.1) is 0 Å². The van der Waals surface area contributed by atoms with Crippen LogP contribution in [0.25, 0.3) is 0 Å². The second kappa shape index (κ2) is 4.71. The number of hydrogen-bond acceptors (Lipinski definition) is 4. The molecule has 0 radical (unpaired) electrons. The van der Waals surface area contributed by atoms with Gasteiger partial charge in [-0.1, -0.05) is 0 Å². The van der Waals surface area contributed by atoms with Crippen molar-refractivity contribution in [3.8, 4) is 0 Å². The summed E-state index contributed by atoms with van der Waals surface area (Å²) in [5.74, 6) is -1.08. The Bertz CT molecular complexity index is 416. The van der Waals surface area contributed by atoms with Crippen molar-refractivity contribution in [3.05, 3.63) is 0 Å². The smallest absolute Gasteiger partial charge is 0.410 e. The molecule has 106 valence electrons. The molecule has 2 rings (SSSR count). The minimum atomic E-state index is -0.568. The van der Waals surface area contributed by atoms with Gasteiger partial charge in [0.15, 0.2) is 0 Å². The highest BCUT2D eigenvalue weighted by Gasteiger charge is 2.39. The van der Waals surface area contributed by atoms with Gasteiger partial charge in [0.05, 0.1) is 6.04 Å². The maximum absolute atomic E-state index is 11.9. The van der Waals surface area contributed by atoms with Crippen molar-refractivity contribution in [3.63, 3.8) is 0 Å². The zero-order chi connectivity index (χ0) is 14.2. The molecule has 0 aromatic heterocycles. The minimum Gasteiger partial charge on any atom is -0.444 e. The number of nitrogens with zero attached hydrogens (tertiary/aromatic N) is 2. The lowest BCUT2D eigenvalue weighted by atomic mass is 10.1. The Labute approximate surface area is 111 Å². The van der Waals surface area contributed by atoms with E-state index in [0.29, 0.717) is 26.2 Å². The van der Waals surface area contributed by atoms with E-state index in [9.17, 15) is 14.4 Å². The first kappa shape index (κ1) is 13.6. The molecule has 2 heterocycles. The van der Waals surface area contributed by atoms with Crippen LogP contribution in [-0.2, 0) is 14.3 Å². The number of carbonyl (C=O) groups excluding carboxylic acids is 3. The number of rotatable bonds is 0. The summed E-state index contributed by atoms with van der Waals surface area (Å²) in [4.78, 5) is 37.9. The summed E-state index contributed by atoms with van der Waals surface area (Å²) >= 11 is 0. The predicted octanol–water partition coefficient (Wildman–Crippen LogP) is -0.436. The summed E-state index contributed by atoms with van der Waals surface area (Å²) in [5, 5.41) is 2.53. The summed E-state index contributed by atoms with van der Waals surface area (Å²) in [6, 6.07) is -0.161. The number of fused-ring (bicyclic) bond motifs is 1. The maximum atomic E-state index is 11.9. The van der Waals surface area contributed by atoms with Crippen molar-refractivity contribution in [2.45, 2.75) is 32.4 Å². The quantitative estimate of drug-likeness (QED) is 0.605. The van der Waals surface area contributed by atoms with Crippen molar-refractivity contribution in [2.24, 2.45) is 0 Å². The first-order chi connectivity index (χ1) is 8.78. The number of amides is 3. The number of carbonyl (C=O) groups is 3. The third-order valence-electron chi connectivity index (χ3n) is 3.09. The van der Waals surface area contributed by atoms with E-state index in [0.717, 1.165) is 0 Å². The summed E-state index contributed by atoms with van der Waals surface area (Å²) in [6.07, 6.45) is -0.378. The van der Waals surface area contributed by atoms with E-state index in [2.05, 4.69) is 5.32 Å². The van der Waals surface area contributed by atoms with E-state index in [1.807, 2.05) is 20.8 Å². The third kappa shape index (κ3) is 2.97. The van der Waals surface area contributed by atoms with Crippen molar-refractivity contribution in [1.29, 1.82) is 0 Å². The van der Waals surface area contributed by atoms with Gasteiger partial charge < -0.3 is 19.9 Å². The molecule has 2 aliphatic rings. The van der Waals surface area contributed by atoms with Gasteiger partial charge in [-0.3, -0.25) is 9.59 Å². The number of piperazine rings is 2. The van der Waals surface area contributed by atoms with Crippen LogP contribution in [0.3, 0.4) is 0 Å². The van der Waals surface area contributed by atoms with Crippen molar-refractivity contribution in [1.82, 2.24) is 15.1 Å². The molecule has 0 aromatic carbocycles. The molecule has 2 aliphatic heterocycles. The summed E-state index contributed by atoms with van der Waals surface area (Å²) in [7, 11) is 0. The molecule has 0 aromatic rings. The standard InChI is InChI=1S/C12H19N3O4/c1-12(2,3)19-11(18)14-4-5-15-8(7-14)6-13-9(16)10(15)17/h8H,4-7H2,1-3H3,(H,13,16). The van der Waals surface area contributed by atoms with Gasteiger partial charge in [0, 0.05) is 26.2 Å². The van der Waals surface area contributed by atoms with Crippen LogP contribution in [0.2, 0.25) is 0 Å². The zero-order valence-electron chi connectivity index (χ0n) is 11.4. The van der Waals surface area contributed by atoms with Gasteiger partial charge in [-0.2, -0.15) is 0 Å². The largest absolute Gasteiger partial charge is 0.444 e. The molecule has 2 fully saturated rings. The molecule has 0 saturated carbocycles. The van der Waals surface area contributed by atoms with Gasteiger partial charge in [0.25, 0.3) is 0 Å². The lowest BCUT2D eigenvalue weighted by Crippen LogP contribution is -2.66. The predicted molar refractivity (Wildman–Crippen MR) is 66.3 cm³/mol. The van der Waals surface area contributed by atoms with E-state index in [1.165, 1.54) is 4.90 Å². The molecule has 7 nitrogen and oxygen atoms in total. The Balaban J connectivity index is 1.98. The third-order valence-corrected chi connectivity index (χ3v) is 3.09. The molecule has 3 amide bonds. The highest BCUT2D eigenvalue weighted by Crippen LogP contribution is 2.16. The first-order valence-electron chi connectivity index (χ1n) is 6.34. The van der Waals surface area contributed by atoms with Crippen molar-refractivity contribution < 1.29 is 19.1 Å². The minimum absolute atomic E-state index is 0.161. The summed E-state index contributed by atoms with van der Waals surface area (Å²) in [6.45, 7) is 6.97.